The lowest BCUT2D eigenvalue weighted by Gasteiger charge is -2.15. The highest BCUT2D eigenvalue weighted by molar-refractivity contribution is 7.85. The van der Waals surface area contributed by atoms with E-state index in [1.165, 1.54) is 0 Å². The highest BCUT2D eigenvalue weighted by Gasteiger charge is 2.15. The molecule has 0 aromatic carbocycles. The minimum atomic E-state index is -3.67. The zero-order valence-electron chi connectivity index (χ0n) is 9.88. The molecule has 1 aromatic heterocycles. The standard InChI is InChI=1S/C8H14N2O.CH4O3S/c1-8(2,11)6-7-9-4-5-10(7)3;1-5(2,3)4/h4-5,11H,6H2,1-3H3;1H3,(H,2,3,4). The molecule has 94 valence electrons. The highest BCUT2D eigenvalue weighted by atomic mass is 32.2. The van der Waals surface area contributed by atoms with Crippen LogP contribution in [0, 0.1) is 0 Å². The zero-order valence-corrected chi connectivity index (χ0v) is 10.7. The van der Waals surface area contributed by atoms with Gasteiger partial charge in [-0.25, -0.2) is 4.98 Å². The molecule has 1 rings (SSSR count). The average molecular weight is 250 g/mol. The Morgan fingerprint density at radius 1 is 1.50 bits per heavy atom. The summed E-state index contributed by atoms with van der Waals surface area (Å²) in [7, 11) is -1.74. The number of hydrogen-bond donors (Lipinski definition) is 2. The molecule has 0 bridgehead atoms. The number of aromatic nitrogens is 2. The fourth-order valence-electron chi connectivity index (χ4n) is 0.954. The summed E-state index contributed by atoms with van der Waals surface area (Å²) in [5.74, 6) is 0.914. The van der Waals surface area contributed by atoms with Crippen LogP contribution in [0.25, 0.3) is 0 Å². The third-order valence-corrected chi connectivity index (χ3v) is 1.51. The monoisotopic (exact) mass is 250 g/mol. The van der Waals surface area contributed by atoms with E-state index in [4.69, 9.17) is 4.55 Å². The first-order valence-corrected chi connectivity index (χ1v) is 6.45. The Morgan fingerprint density at radius 2 is 1.94 bits per heavy atom. The van der Waals surface area contributed by atoms with Gasteiger partial charge in [0.25, 0.3) is 10.1 Å². The van der Waals surface area contributed by atoms with Crippen LogP contribution in [0.15, 0.2) is 12.4 Å². The Bertz CT molecular complexity index is 409. The number of rotatable bonds is 2. The van der Waals surface area contributed by atoms with Gasteiger partial charge in [0.15, 0.2) is 0 Å². The molecule has 0 spiro atoms. The summed E-state index contributed by atoms with van der Waals surface area (Å²) < 4.78 is 27.8. The number of nitrogens with zero attached hydrogens (tertiary/aromatic N) is 2. The maximum Gasteiger partial charge on any atom is 0.261 e. The maximum atomic E-state index is 9.46. The van der Waals surface area contributed by atoms with Gasteiger partial charge in [0.05, 0.1) is 11.9 Å². The molecule has 6 nitrogen and oxygen atoms in total. The van der Waals surface area contributed by atoms with Crippen molar-refractivity contribution in [2.45, 2.75) is 25.9 Å². The topological polar surface area (TPSA) is 92.4 Å². The predicted octanol–water partition coefficient (Wildman–Crippen LogP) is 0.237. The van der Waals surface area contributed by atoms with Crippen LogP contribution in [0.1, 0.15) is 19.7 Å². The van der Waals surface area contributed by atoms with Gasteiger partial charge in [0.2, 0.25) is 0 Å². The maximum absolute atomic E-state index is 9.46. The van der Waals surface area contributed by atoms with Crippen LogP contribution in [0.2, 0.25) is 0 Å². The fraction of sp³-hybridized carbons (Fsp3) is 0.667. The van der Waals surface area contributed by atoms with Crippen molar-refractivity contribution in [1.29, 1.82) is 0 Å². The molecule has 1 heterocycles. The number of aliphatic hydroxyl groups is 1. The Morgan fingerprint density at radius 3 is 2.19 bits per heavy atom. The van der Waals surface area contributed by atoms with Crippen molar-refractivity contribution in [2.24, 2.45) is 7.05 Å². The van der Waals surface area contributed by atoms with Crippen LogP contribution in [-0.4, -0.2) is 39.5 Å². The number of imidazole rings is 1. The van der Waals surface area contributed by atoms with Gasteiger partial charge in [-0.1, -0.05) is 0 Å². The summed E-state index contributed by atoms with van der Waals surface area (Å²) in [5.41, 5.74) is -0.668. The van der Waals surface area contributed by atoms with E-state index in [1.807, 2.05) is 17.8 Å². The van der Waals surface area contributed by atoms with Gasteiger partial charge in [0.1, 0.15) is 5.82 Å². The molecule has 0 saturated carbocycles. The molecule has 0 unspecified atom stereocenters. The Kier molecular flexibility index (Phi) is 5.11. The molecule has 1 aromatic rings. The Balaban J connectivity index is 0.000000385. The molecule has 0 saturated heterocycles. The van der Waals surface area contributed by atoms with E-state index in [2.05, 4.69) is 4.98 Å². The van der Waals surface area contributed by atoms with Crippen molar-refractivity contribution in [3.05, 3.63) is 18.2 Å². The van der Waals surface area contributed by atoms with E-state index in [-0.39, 0.29) is 0 Å². The van der Waals surface area contributed by atoms with Crippen molar-refractivity contribution in [3.63, 3.8) is 0 Å². The molecule has 0 aliphatic carbocycles. The van der Waals surface area contributed by atoms with Gasteiger partial charge in [-0.3, -0.25) is 4.55 Å². The second-order valence-corrected chi connectivity index (χ2v) is 5.64. The van der Waals surface area contributed by atoms with E-state index in [9.17, 15) is 13.5 Å². The molecule has 7 heteroatoms. The van der Waals surface area contributed by atoms with Gasteiger partial charge < -0.3 is 9.67 Å². The van der Waals surface area contributed by atoms with Gasteiger partial charge in [0, 0.05) is 25.9 Å². The molecule has 0 radical (unpaired) electrons. The summed E-state index contributed by atoms with van der Waals surface area (Å²) in [6.07, 6.45) is 4.92. The first-order chi connectivity index (χ1) is 6.99. The van der Waals surface area contributed by atoms with Crippen molar-refractivity contribution >= 4 is 10.1 Å². The van der Waals surface area contributed by atoms with Crippen LogP contribution in [-0.2, 0) is 23.6 Å². The third-order valence-electron chi connectivity index (χ3n) is 1.51. The first kappa shape index (κ1) is 15.1. The third kappa shape index (κ3) is 9.63. The van der Waals surface area contributed by atoms with Gasteiger partial charge in [-0.15, -0.1) is 0 Å². The predicted molar refractivity (Wildman–Crippen MR) is 60.7 cm³/mol. The molecule has 0 atom stereocenters. The van der Waals surface area contributed by atoms with E-state index in [0.29, 0.717) is 12.7 Å². The minimum Gasteiger partial charge on any atom is -0.390 e. The van der Waals surface area contributed by atoms with E-state index < -0.39 is 15.7 Å². The summed E-state index contributed by atoms with van der Waals surface area (Å²) in [6, 6.07) is 0. The Hall–Kier alpha value is -0.920. The van der Waals surface area contributed by atoms with Gasteiger partial charge in [-0.2, -0.15) is 8.42 Å². The van der Waals surface area contributed by atoms with Gasteiger partial charge in [-0.05, 0) is 13.8 Å². The summed E-state index contributed by atoms with van der Waals surface area (Å²) in [4.78, 5) is 4.10. The molecule has 2 N–H and O–H groups in total. The van der Waals surface area contributed by atoms with Crippen LogP contribution >= 0.6 is 0 Å². The SMILES string of the molecule is CS(=O)(=O)O.Cn1ccnc1CC(C)(C)O. The lowest BCUT2D eigenvalue weighted by atomic mass is 10.1. The van der Waals surface area contributed by atoms with E-state index in [0.717, 1.165) is 5.82 Å². The van der Waals surface area contributed by atoms with E-state index in [1.54, 1.807) is 20.0 Å². The molecular formula is C9H18N2O4S. The van der Waals surface area contributed by atoms with Crippen molar-refractivity contribution in [1.82, 2.24) is 9.55 Å². The minimum absolute atomic E-state index is 0.594. The lowest BCUT2D eigenvalue weighted by Crippen LogP contribution is -2.23. The van der Waals surface area contributed by atoms with Gasteiger partial charge >= 0.3 is 0 Å². The van der Waals surface area contributed by atoms with Crippen LogP contribution < -0.4 is 0 Å². The second kappa shape index (κ2) is 5.42. The van der Waals surface area contributed by atoms with Crippen molar-refractivity contribution in [3.8, 4) is 0 Å². The van der Waals surface area contributed by atoms with Crippen molar-refractivity contribution < 1.29 is 18.1 Å². The molecule has 0 fully saturated rings. The summed E-state index contributed by atoms with van der Waals surface area (Å²) >= 11 is 0. The summed E-state index contributed by atoms with van der Waals surface area (Å²) in [5, 5.41) is 9.46. The quantitative estimate of drug-likeness (QED) is 0.733. The van der Waals surface area contributed by atoms with Crippen LogP contribution in [0.4, 0.5) is 0 Å². The normalized spacial score (nSPS) is 11.9. The molecule has 16 heavy (non-hydrogen) atoms. The molecule has 0 aliphatic rings. The van der Waals surface area contributed by atoms with Crippen LogP contribution in [0.3, 0.4) is 0 Å². The van der Waals surface area contributed by atoms with E-state index >= 15 is 0 Å². The summed E-state index contributed by atoms with van der Waals surface area (Å²) in [6.45, 7) is 3.56. The second-order valence-electron chi connectivity index (χ2n) is 4.18. The Labute approximate surface area is 95.7 Å². The van der Waals surface area contributed by atoms with Crippen LogP contribution in [0.5, 0.6) is 0 Å². The number of aryl methyl sites for hydroxylation is 1. The lowest BCUT2D eigenvalue weighted by molar-refractivity contribution is 0.0781. The molecule has 0 aliphatic heterocycles. The first-order valence-electron chi connectivity index (χ1n) is 4.60. The molecule has 0 amide bonds. The average Bonchev–Trinajstić information content (AvgIpc) is 2.29. The largest absolute Gasteiger partial charge is 0.390 e. The highest BCUT2D eigenvalue weighted by Crippen LogP contribution is 2.09. The molecular weight excluding hydrogens is 232 g/mol. The zero-order chi connectivity index (χ0) is 13.0. The number of hydrogen-bond acceptors (Lipinski definition) is 4. The smallest absolute Gasteiger partial charge is 0.261 e. The van der Waals surface area contributed by atoms with Crippen molar-refractivity contribution in [2.75, 3.05) is 6.26 Å². The fourth-order valence-corrected chi connectivity index (χ4v) is 0.954.